The van der Waals surface area contributed by atoms with Gasteiger partial charge in [-0.25, -0.2) is 0 Å². The first-order valence-corrected chi connectivity index (χ1v) is 15.7. The van der Waals surface area contributed by atoms with E-state index in [-0.39, 0.29) is 24.1 Å². The highest BCUT2D eigenvalue weighted by atomic mass is 32.2. The molecule has 0 saturated heterocycles. The molecule has 9 nitrogen and oxygen atoms in total. The third-order valence-corrected chi connectivity index (χ3v) is 8.38. The summed E-state index contributed by atoms with van der Waals surface area (Å²) in [6, 6.07) is 33.4. The van der Waals surface area contributed by atoms with Gasteiger partial charge >= 0.3 is 0 Å². The Morgan fingerprint density at radius 2 is 1.43 bits per heavy atom. The van der Waals surface area contributed by atoms with Crippen molar-refractivity contribution < 1.29 is 28.3 Å². The smallest absolute Gasteiger partial charge is 0.272 e. The van der Waals surface area contributed by atoms with Crippen molar-refractivity contribution in [3.63, 3.8) is 0 Å². The highest BCUT2D eigenvalue weighted by molar-refractivity contribution is 7.99. The van der Waals surface area contributed by atoms with E-state index < -0.39 is 11.8 Å². The molecule has 0 fully saturated rings. The number of carbonyl (C=O) groups excluding carboxylic acids is 4. The second kappa shape index (κ2) is 14.1. The highest BCUT2D eigenvalue weighted by Gasteiger charge is 2.34. The van der Waals surface area contributed by atoms with Gasteiger partial charge in [-0.1, -0.05) is 42.5 Å². The monoisotopic (exact) mass is 643 g/mol. The Hall–Kier alpha value is -5.87. The predicted molar refractivity (Wildman–Crippen MR) is 180 cm³/mol. The van der Waals surface area contributed by atoms with Gasteiger partial charge in [0.15, 0.2) is 0 Å². The van der Waals surface area contributed by atoms with Crippen LogP contribution in [0.15, 0.2) is 130 Å². The minimum Gasteiger partial charge on any atom is -0.496 e. The lowest BCUT2D eigenvalue weighted by Crippen LogP contribution is -2.31. The zero-order valence-electron chi connectivity index (χ0n) is 25.3. The van der Waals surface area contributed by atoms with E-state index >= 15 is 0 Å². The van der Waals surface area contributed by atoms with Crippen LogP contribution in [0.3, 0.4) is 0 Å². The minimum atomic E-state index is -0.546. The van der Waals surface area contributed by atoms with Crippen LogP contribution in [0.2, 0.25) is 0 Å². The number of carbonyl (C=O) groups is 4. The van der Waals surface area contributed by atoms with E-state index in [1.807, 2.05) is 36.4 Å². The Bertz CT molecular complexity index is 1950. The summed E-state index contributed by atoms with van der Waals surface area (Å²) in [5.41, 5.74) is 2.49. The molecule has 10 heteroatoms. The number of imide groups is 1. The molecule has 4 aromatic carbocycles. The fourth-order valence-electron chi connectivity index (χ4n) is 5.04. The number of nitrogens with zero attached hydrogens (tertiary/aromatic N) is 1. The number of thioether (sulfide) groups is 1. The first kappa shape index (κ1) is 31.1. The second-order valence-corrected chi connectivity index (χ2v) is 11.6. The van der Waals surface area contributed by atoms with Crippen molar-refractivity contribution in [1.82, 2.24) is 10.2 Å². The molecule has 1 aliphatic rings. The van der Waals surface area contributed by atoms with E-state index in [9.17, 15) is 19.2 Å². The fraction of sp³-hybridized carbons (Fsp3) is 0.0811. The fourth-order valence-corrected chi connectivity index (χ4v) is 5.88. The van der Waals surface area contributed by atoms with E-state index in [0.717, 1.165) is 10.5 Å². The van der Waals surface area contributed by atoms with E-state index in [2.05, 4.69) is 10.6 Å². The van der Waals surface area contributed by atoms with Gasteiger partial charge in [-0.15, -0.1) is 11.8 Å². The molecule has 234 valence electrons. The molecule has 0 saturated carbocycles. The molecule has 0 atom stereocenters. The van der Waals surface area contributed by atoms with Crippen LogP contribution in [0.25, 0.3) is 17.4 Å². The number of para-hydroxylation sites is 1. The Balaban J connectivity index is 1.13. The second-order valence-electron chi connectivity index (χ2n) is 10.4. The number of rotatable bonds is 11. The summed E-state index contributed by atoms with van der Waals surface area (Å²) in [6.07, 6.45) is 1.47. The van der Waals surface area contributed by atoms with Gasteiger partial charge in [-0.3, -0.25) is 24.1 Å². The minimum absolute atomic E-state index is 0.0147. The van der Waals surface area contributed by atoms with Crippen molar-refractivity contribution in [3.05, 3.63) is 143 Å². The average molecular weight is 644 g/mol. The molecule has 0 radical (unpaired) electrons. The van der Waals surface area contributed by atoms with Crippen molar-refractivity contribution in [2.24, 2.45) is 0 Å². The summed E-state index contributed by atoms with van der Waals surface area (Å²) in [6.45, 7) is 0.274. The summed E-state index contributed by atoms with van der Waals surface area (Å²) in [7, 11) is 1.58. The number of benzene rings is 4. The lowest BCUT2D eigenvalue weighted by atomic mass is 10.1. The van der Waals surface area contributed by atoms with Crippen LogP contribution in [-0.2, 0) is 4.79 Å². The molecule has 2 N–H and O–H groups in total. The number of anilines is 1. The van der Waals surface area contributed by atoms with Crippen molar-refractivity contribution in [1.29, 1.82) is 0 Å². The molecule has 2 heterocycles. The van der Waals surface area contributed by atoms with Gasteiger partial charge in [0.05, 0.1) is 23.8 Å². The summed E-state index contributed by atoms with van der Waals surface area (Å²) >= 11 is 1.49. The number of methoxy groups -OCH3 is 1. The molecule has 0 aliphatic carbocycles. The maximum Gasteiger partial charge on any atom is 0.272 e. The molecule has 4 amide bonds. The third kappa shape index (κ3) is 7.03. The molecule has 6 rings (SSSR count). The number of hydrogen-bond donors (Lipinski definition) is 2. The highest BCUT2D eigenvalue weighted by Crippen LogP contribution is 2.31. The van der Waals surface area contributed by atoms with E-state index in [0.29, 0.717) is 45.4 Å². The maximum atomic E-state index is 13.5. The van der Waals surface area contributed by atoms with Crippen LogP contribution in [0.1, 0.15) is 36.8 Å². The Morgan fingerprint density at radius 1 is 0.787 bits per heavy atom. The molecular weight excluding hydrogens is 614 g/mol. The molecule has 0 spiro atoms. The number of ether oxygens (including phenoxy) is 1. The van der Waals surface area contributed by atoms with Gasteiger partial charge < -0.3 is 19.8 Å². The predicted octanol–water partition coefficient (Wildman–Crippen LogP) is 6.75. The molecule has 47 heavy (non-hydrogen) atoms. The quantitative estimate of drug-likeness (QED) is 0.0929. The van der Waals surface area contributed by atoms with Crippen LogP contribution in [-0.4, -0.2) is 47.9 Å². The van der Waals surface area contributed by atoms with E-state index in [1.165, 1.54) is 22.7 Å². The summed E-state index contributed by atoms with van der Waals surface area (Å²) < 4.78 is 11.5. The molecule has 5 aromatic rings. The lowest BCUT2D eigenvalue weighted by Gasteiger charge is -2.13. The van der Waals surface area contributed by atoms with Crippen molar-refractivity contribution >= 4 is 47.2 Å². The first-order chi connectivity index (χ1) is 22.9. The molecule has 0 bridgehead atoms. The number of fused-ring (bicyclic) bond motifs is 1. The average Bonchev–Trinajstić information content (AvgIpc) is 3.67. The number of furan rings is 1. The SMILES string of the molecule is COc1ccccc1-c1ccc(/C=C(/NC(=O)c2ccccc2)C(=O)Nc2ccc(SCCN3C(=O)c4ccccc4C3=O)cc2)o1. The van der Waals surface area contributed by atoms with Crippen molar-refractivity contribution in [3.8, 4) is 17.1 Å². The summed E-state index contributed by atoms with van der Waals surface area (Å²) in [4.78, 5) is 53.9. The zero-order valence-corrected chi connectivity index (χ0v) is 26.1. The molecule has 0 unspecified atom stereocenters. The van der Waals surface area contributed by atoms with Gasteiger partial charge in [0.2, 0.25) is 0 Å². The van der Waals surface area contributed by atoms with Gasteiger partial charge in [-0.2, -0.15) is 0 Å². The zero-order chi connectivity index (χ0) is 32.8. The summed E-state index contributed by atoms with van der Waals surface area (Å²) in [5.74, 6) is 0.487. The summed E-state index contributed by atoms with van der Waals surface area (Å²) in [5, 5.41) is 5.55. The topological polar surface area (TPSA) is 118 Å². The normalized spacial score (nSPS) is 12.5. The number of amides is 4. The van der Waals surface area contributed by atoms with E-state index in [4.69, 9.17) is 9.15 Å². The molecule has 1 aliphatic heterocycles. The van der Waals surface area contributed by atoms with E-state index in [1.54, 1.807) is 86.0 Å². The Morgan fingerprint density at radius 3 is 2.11 bits per heavy atom. The standard InChI is InChI=1S/C37H29N3O6S/c1-45-32-14-8-7-13-30(32)33-20-17-26(46-33)23-31(39-34(41)24-9-3-2-4-10-24)35(42)38-25-15-18-27(19-16-25)47-22-21-40-36(43)28-11-5-6-12-29(28)37(40)44/h2-20,23H,21-22H2,1H3,(H,38,42)(H,39,41)/b31-23+. The maximum absolute atomic E-state index is 13.5. The van der Waals surface area contributed by atoms with Gasteiger partial charge in [-0.05, 0) is 72.8 Å². The van der Waals surface area contributed by atoms with Crippen molar-refractivity contribution in [2.45, 2.75) is 4.90 Å². The van der Waals surface area contributed by atoms with Crippen LogP contribution in [0.4, 0.5) is 5.69 Å². The van der Waals surface area contributed by atoms with Gasteiger partial charge in [0.1, 0.15) is 23.0 Å². The first-order valence-electron chi connectivity index (χ1n) is 14.7. The third-order valence-electron chi connectivity index (χ3n) is 7.39. The lowest BCUT2D eigenvalue weighted by molar-refractivity contribution is -0.113. The Kier molecular flexibility index (Phi) is 9.31. The number of hydrogen-bond acceptors (Lipinski definition) is 7. The Labute approximate surface area is 275 Å². The number of nitrogens with one attached hydrogen (secondary N) is 2. The van der Waals surface area contributed by atoms with Crippen LogP contribution >= 0.6 is 11.8 Å². The largest absolute Gasteiger partial charge is 0.496 e. The molecular formula is C37H29N3O6S. The molecule has 1 aromatic heterocycles. The van der Waals surface area contributed by atoms with Crippen LogP contribution in [0, 0.1) is 0 Å². The van der Waals surface area contributed by atoms with Crippen molar-refractivity contribution in [2.75, 3.05) is 24.7 Å². The van der Waals surface area contributed by atoms with Gasteiger partial charge in [0, 0.05) is 34.5 Å². The van der Waals surface area contributed by atoms with Crippen LogP contribution < -0.4 is 15.4 Å². The van der Waals surface area contributed by atoms with Crippen LogP contribution in [0.5, 0.6) is 5.75 Å². The van der Waals surface area contributed by atoms with Gasteiger partial charge in [0.25, 0.3) is 23.6 Å².